The van der Waals surface area contributed by atoms with Gasteiger partial charge in [0, 0.05) is 10.8 Å². The van der Waals surface area contributed by atoms with E-state index in [4.69, 9.17) is 5.73 Å². The lowest BCUT2D eigenvalue weighted by molar-refractivity contribution is 0.453. The van der Waals surface area contributed by atoms with Gasteiger partial charge in [-0.05, 0) is 11.1 Å². The molecule has 4 N–H and O–H groups in total. The third kappa shape index (κ3) is 1.39. The van der Waals surface area contributed by atoms with E-state index in [1.165, 1.54) is 12.1 Å². The van der Waals surface area contributed by atoms with E-state index in [0.29, 0.717) is 5.39 Å². The molecule has 0 aromatic heterocycles. The van der Waals surface area contributed by atoms with E-state index < -0.39 is 21.7 Å². The van der Waals surface area contributed by atoms with Crippen LogP contribution in [-0.2, 0) is 11.1 Å². The molecule has 0 saturated carbocycles. The van der Waals surface area contributed by atoms with Crippen LogP contribution < -0.4 is 5.73 Å². The van der Waals surface area contributed by atoms with E-state index in [1.807, 2.05) is 0 Å². The summed E-state index contributed by atoms with van der Waals surface area (Å²) in [5, 5.41) is 20.0. The molecule has 0 aliphatic carbocycles. The van der Waals surface area contributed by atoms with Crippen LogP contribution in [0.2, 0.25) is 0 Å². The number of nitrogen functional groups attached to an aromatic ring is 1. The number of aromatic hydroxyl groups is 2. The summed E-state index contributed by atoms with van der Waals surface area (Å²) in [4.78, 5) is -0.476. The minimum atomic E-state index is -2.70. The Morgan fingerprint density at radius 1 is 1.12 bits per heavy atom. The zero-order valence-electron chi connectivity index (χ0n) is 8.01. The van der Waals surface area contributed by atoms with Gasteiger partial charge in [0.25, 0.3) is 0 Å². The Kier molecular flexibility index (Phi) is 2.45. The van der Waals surface area contributed by atoms with Crippen LogP contribution in [0.1, 0.15) is 0 Å². The highest BCUT2D eigenvalue weighted by Gasteiger charge is 2.16. The van der Waals surface area contributed by atoms with Gasteiger partial charge in [-0.15, -0.1) is 0 Å². The van der Waals surface area contributed by atoms with Gasteiger partial charge >= 0.3 is 0 Å². The fraction of sp³-hybridized carbons (Fsp3) is 0. The maximum atomic E-state index is 10.9. The van der Waals surface area contributed by atoms with Gasteiger partial charge in [-0.25, -0.2) is 0 Å². The van der Waals surface area contributed by atoms with Crippen molar-refractivity contribution in [3.63, 3.8) is 0 Å². The van der Waals surface area contributed by atoms with E-state index in [2.05, 4.69) is 0 Å². The van der Waals surface area contributed by atoms with Crippen LogP contribution in [0.25, 0.3) is 10.8 Å². The number of anilines is 1. The first kappa shape index (κ1) is 10.7. The molecule has 0 radical (unpaired) electrons. The molecule has 5 nitrogen and oxygen atoms in total. The highest BCUT2D eigenvalue weighted by atomic mass is 32.2. The second-order valence-electron chi connectivity index (χ2n) is 3.22. The molecule has 84 valence electrons. The molecule has 0 fully saturated rings. The molecule has 16 heavy (non-hydrogen) atoms. The van der Waals surface area contributed by atoms with Gasteiger partial charge < -0.3 is 20.5 Å². The molecule has 0 heterocycles. The Morgan fingerprint density at radius 3 is 2.12 bits per heavy atom. The minimum Gasteiger partial charge on any atom is -0.768 e. The van der Waals surface area contributed by atoms with Gasteiger partial charge in [0.1, 0.15) is 11.5 Å². The van der Waals surface area contributed by atoms with Gasteiger partial charge in [0.05, 0.1) is 10.6 Å². The van der Waals surface area contributed by atoms with Crippen molar-refractivity contribution < 1.29 is 19.0 Å². The maximum Gasteiger partial charge on any atom is 0.147 e. The summed E-state index contributed by atoms with van der Waals surface area (Å²) in [5.74, 6) is -0.785. The number of fused-ring (bicyclic) bond motifs is 1. The standard InChI is InChI=1S/C10H9NO4S/c11-7-8(12)5-3-1-2-4-6(5)9(13)10(7)16(14)15/h1-4,12-13H,11H2,(H,14,15)/p-1. The molecule has 0 aliphatic heterocycles. The number of hydrogen-bond acceptors (Lipinski definition) is 5. The molecular weight excluding hydrogens is 230 g/mol. The number of phenolic OH excluding ortho intramolecular Hbond substituents is 2. The largest absolute Gasteiger partial charge is 0.768 e. The van der Waals surface area contributed by atoms with Crippen LogP contribution in [0.4, 0.5) is 5.69 Å². The van der Waals surface area contributed by atoms with Crippen molar-refractivity contribution in [1.29, 1.82) is 0 Å². The second-order valence-corrected chi connectivity index (χ2v) is 4.10. The Hall–Kier alpha value is -1.79. The molecule has 0 amide bonds. The normalized spacial score (nSPS) is 12.8. The van der Waals surface area contributed by atoms with Gasteiger partial charge in [-0.1, -0.05) is 24.3 Å². The predicted octanol–water partition coefficient (Wildman–Crippen LogP) is 1.07. The van der Waals surface area contributed by atoms with Crippen molar-refractivity contribution in [2.24, 2.45) is 0 Å². The zero-order valence-corrected chi connectivity index (χ0v) is 8.82. The molecule has 1 atom stereocenters. The van der Waals surface area contributed by atoms with Gasteiger partial charge in [0.2, 0.25) is 0 Å². The number of hydrogen-bond donors (Lipinski definition) is 3. The van der Waals surface area contributed by atoms with Crippen molar-refractivity contribution in [2.75, 3.05) is 5.73 Å². The van der Waals surface area contributed by atoms with Crippen LogP contribution >= 0.6 is 0 Å². The topological polar surface area (TPSA) is 107 Å². The molecule has 2 aromatic rings. The van der Waals surface area contributed by atoms with Gasteiger partial charge in [-0.3, -0.25) is 4.21 Å². The summed E-state index contributed by atoms with van der Waals surface area (Å²) in [5.41, 5.74) is 5.10. The minimum absolute atomic E-state index is 0.244. The summed E-state index contributed by atoms with van der Waals surface area (Å²) in [7, 11) is 0. The molecule has 2 rings (SSSR count). The van der Waals surface area contributed by atoms with E-state index in [-0.39, 0.29) is 16.8 Å². The fourth-order valence-corrected chi connectivity index (χ4v) is 2.11. The Balaban J connectivity index is 3.00. The molecule has 0 saturated heterocycles. The molecule has 0 aliphatic rings. The highest BCUT2D eigenvalue weighted by Crippen LogP contribution is 2.42. The van der Waals surface area contributed by atoms with Crippen LogP contribution in [0.15, 0.2) is 29.2 Å². The van der Waals surface area contributed by atoms with Crippen LogP contribution in [0.5, 0.6) is 11.5 Å². The zero-order chi connectivity index (χ0) is 11.9. The lowest BCUT2D eigenvalue weighted by atomic mass is 10.1. The van der Waals surface area contributed by atoms with Crippen LogP contribution in [-0.4, -0.2) is 19.0 Å². The summed E-state index contributed by atoms with van der Waals surface area (Å²) >= 11 is -2.70. The molecule has 6 heteroatoms. The Morgan fingerprint density at radius 2 is 1.62 bits per heavy atom. The molecule has 0 spiro atoms. The third-order valence-electron chi connectivity index (χ3n) is 2.32. The first-order chi connectivity index (χ1) is 7.54. The summed E-state index contributed by atoms with van der Waals surface area (Å²) in [6.07, 6.45) is 0. The number of phenols is 2. The van der Waals surface area contributed by atoms with E-state index in [0.717, 1.165) is 0 Å². The van der Waals surface area contributed by atoms with Gasteiger partial charge in [-0.2, -0.15) is 0 Å². The van der Waals surface area contributed by atoms with Gasteiger partial charge in [0.15, 0.2) is 0 Å². The monoisotopic (exact) mass is 238 g/mol. The average molecular weight is 238 g/mol. The Bertz CT molecular complexity index is 597. The predicted molar refractivity (Wildman–Crippen MR) is 58.9 cm³/mol. The second kappa shape index (κ2) is 3.66. The van der Waals surface area contributed by atoms with Crippen molar-refractivity contribution in [3.05, 3.63) is 24.3 Å². The quantitative estimate of drug-likeness (QED) is 0.298. The summed E-state index contributed by atoms with van der Waals surface area (Å²) < 4.78 is 21.8. The average Bonchev–Trinajstić information content (AvgIpc) is 2.26. The number of benzene rings is 2. The summed E-state index contributed by atoms with van der Waals surface area (Å²) in [6, 6.07) is 6.31. The van der Waals surface area contributed by atoms with Crippen molar-refractivity contribution in [1.82, 2.24) is 0 Å². The van der Waals surface area contributed by atoms with Crippen LogP contribution in [0, 0.1) is 0 Å². The molecule has 1 unspecified atom stereocenters. The Labute approximate surface area is 93.4 Å². The number of nitrogens with two attached hydrogens (primary N) is 1. The smallest absolute Gasteiger partial charge is 0.147 e. The molecule has 2 aromatic carbocycles. The molecule has 0 bridgehead atoms. The van der Waals surface area contributed by atoms with E-state index in [9.17, 15) is 19.0 Å². The van der Waals surface area contributed by atoms with Crippen molar-refractivity contribution in [2.45, 2.75) is 4.90 Å². The summed E-state index contributed by atoms with van der Waals surface area (Å²) in [6.45, 7) is 0. The lowest BCUT2D eigenvalue weighted by Crippen LogP contribution is -1.99. The highest BCUT2D eigenvalue weighted by molar-refractivity contribution is 7.79. The third-order valence-corrected chi connectivity index (χ3v) is 3.07. The lowest BCUT2D eigenvalue weighted by Gasteiger charge is -2.15. The van der Waals surface area contributed by atoms with Crippen molar-refractivity contribution in [3.8, 4) is 11.5 Å². The van der Waals surface area contributed by atoms with Crippen LogP contribution in [0.3, 0.4) is 0 Å². The van der Waals surface area contributed by atoms with E-state index >= 15 is 0 Å². The SMILES string of the molecule is Nc1c(S(=O)[O-])c(O)c2ccccc2c1O. The first-order valence-corrected chi connectivity index (χ1v) is 5.43. The van der Waals surface area contributed by atoms with Crippen molar-refractivity contribution >= 4 is 27.5 Å². The maximum absolute atomic E-state index is 10.9. The number of rotatable bonds is 1. The van der Waals surface area contributed by atoms with E-state index in [1.54, 1.807) is 12.1 Å². The fourth-order valence-electron chi connectivity index (χ4n) is 1.57. The molecular formula is C10H8NO4S-. The first-order valence-electron chi connectivity index (χ1n) is 4.35.